The Labute approximate surface area is 109 Å². The van der Waals surface area contributed by atoms with Gasteiger partial charge in [-0.25, -0.2) is 0 Å². The minimum Gasteiger partial charge on any atom is -0.381 e. The molecule has 17 heavy (non-hydrogen) atoms. The molecule has 0 bridgehead atoms. The summed E-state index contributed by atoms with van der Waals surface area (Å²) >= 11 is 3.51. The smallest absolute Gasteiger partial charge is 0.0992 e. The SMILES string of the molecule is N#Cc1cccc(NCc2ccccc2Br)c1. The minimum atomic E-state index is 0.669. The Morgan fingerprint density at radius 1 is 1.12 bits per heavy atom. The lowest BCUT2D eigenvalue weighted by Crippen LogP contribution is -2.00. The fourth-order valence-electron chi connectivity index (χ4n) is 1.54. The Kier molecular flexibility index (Phi) is 3.79. The van der Waals surface area contributed by atoms with Gasteiger partial charge in [0.1, 0.15) is 0 Å². The number of benzene rings is 2. The molecule has 0 atom stereocenters. The van der Waals surface area contributed by atoms with Crippen LogP contribution in [0, 0.1) is 11.3 Å². The number of halogens is 1. The third-order valence-corrected chi connectivity index (χ3v) is 3.21. The molecule has 2 nitrogen and oxygen atoms in total. The van der Waals surface area contributed by atoms with Crippen LogP contribution in [0.5, 0.6) is 0 Å². The Morgan fingerprint density at radius 2 is 1.94 bits per heavy atom. The zero-order valence-electron chi connectivity index (χ0n) is 9.15. The van der Waals surface area contributed by atoms with Crippen molar-refractivity contribution in [3.05, 3.63) is 64.1 Å². The molecule has 0 saturated carbocycles. The van der Waals surface area contributed by atoms with E-state index in [-0.39, 0.29) is 0 Å². The van der Waals surface area contributed by atoms with E-state index < -0.39 is 0 Å². The van der Waals surface area contributed by atoms with Crippen LogP contribution >= 0.6 is 15.9 Å². The zero-order valence-corrected chi connectivity index (χ0v) is 10.7. The number of hydrogen-bond acceptors (Lipinski definition) is 2. The Balaban J connectivity index is 2.08. The number of nitrogens with one attached hydrogen (secondary N) is 1. The van der Waals surface area contributed by atoms with Gasteiger partial charge in [0.2, 0.25) is 0 Å². The summed E-state index contributed by atoms with van der Waals surface area (Å²) in [5.41, 5.74) is 2.82. The topological polar surface area (TPSA) is 35.8 Å². The molecule has 0 saturated heterocycles. The first-order chi connectivity index (χ1) is 8.29. The van der Waals surface area contributed by atoms with E-state index in [2.05, 4.69) is 33.4 Å². The van der Waals surface area contributed by atoms with Gasteiger partial charge in [0.05, 0.1) is 11.6 Å². The van der Waals surface area contributed by atoms with Crippen LogP contribution in [0.4, 0.5) is 5.69 Å². The van der Waals surface area contributed by atoms with Crippen LogP contribution in [0.1, 0.15) is 11.1 Å². The molecule has 2 aromatic rings. The summed E-state index contributed by atoms with van der Waals surface area (Å²) in [6.07, 6.45) is 0. The van der Waals surface area contributed by atoms with Gasteiger partial charge < -0.3 is 5.32 Å². The summed E-state index contributed by atoms with van der Waals surface area (Å²) in [5, 5.41) is 12.1. The summed E-state index contributed by atoms with van der Waals surface area (Å²) in [6, 6.07) is 17.7. The van der Waals surface area contributed by atoms with Crippen molar-refractivity contribution in [2.24, 2.45) is 0 Å². The fraction of sp³-hybridized carbons (Fsp3) is 0.0714. The average molecular weight is 287 g/mol. The van der Waals surface area contributed by atoms with E-state index >= 15 is 0 Å². The number of anilines is 1. The largest absolute Gasteiger partial charge is 0.381 e. The summed E-state index contributed by atoms with van der Waals surface area (Å²) in [7, 11) is 0. The Morgan fingerprint density at radius 3 is 2.71 bits per heavy atom. The molecule has 0 aliphatic carbocycles. The summed E-state index contributed by atoms with van der Waals surface area (Å²) < 4.78 is 1.09. The van der Waals surface area contributed by atoms with E-state index in [0.717, 1.165) is 16.7 Å². The molecule has 1 N–H and O–H groups in total. The molecule has 0 aliphatic heterocycles. The van der Waals surface area contributed by atoms with Crippen LogP contribution in [-0.4, -0.2) is 0 Å². The number of nitriles is 1. The second-order valence-corrected chi connectivity index (χ2v) is 4.49. The molecule has 2 rings (SSSR count). The van der Waals surface area contributed by atoms with E-state index in [4.69, 9.17) is 5.26 Å². The third-order valence-electron chi connectivity index (χ3n) is 2.43. The molecule has 0 spiro atoms. The van der Waals surface area contributed by atoms with Crippen LogP contribution in [0.15, 0.2) is 53.0 Å². The van der Waals surface area contributed by atoms with E-state index in [1.807, 2.05) is 36.4 Å². The first-order valence-corrected chi connectivity index (χ1v) is 6.06. The summed E-state index contributed by atoms with van der Waals surface area (Å²) in [4.78, 5) is 0. The quantitative estimate of drug-likeness (QED) is 0.928. The Bertz CT molecular complexity index is 558. The highest BCUT2D eigenvalue weighted by Crippen LogP contribution is 2.18. The molecular weight excluding hydrogens is 276 g/mol. The minimum absolute atomic E-state index is 0.669. The fourth-order valence-corrected chi connectivity index (χ4v) is 1.96. The van der Waals surface area contributed by atoms with Crippen LogP contribution in [0.25, 0.3) is 0 Å². The molecule has 3 heteroatoms. The molecule has 0 aromatic heterocycles. The van der Waals surface area contributed by atoms with Crippen molar-refractivity contribution < 1.29 is 0 Å². The summed E-state index contributed by atoms with van der Waals surface area (Å²) in [6.45, 7) is 0.732. The number of hydrogen-bond donors (Lipinski definition) is 1. The standard InChI is InChI=1S/C14H11BrN2/c15-14-7-2-1-5-12(14)10-17-13-6-3-4-11(8-13)9-16/h1-8,17H,10H2. The predicted molar refractivity (Wildman–Crippen MR) is 72.6 cm³/mol. The van der Waals surface area contributed by atoms with Crippen molar-refractivity contribution in [1.29, 1.82) is 5.26 Å². The van der Waals surface area contributed by atoms with Crippen molar-refractivity contribution >= 4 is 21.6 Å². The van der Waals surface area contributed by atoms with E-state index in [0.29, 0.717) is 5.56 Å². The first-order valence-electron chi connectivity index (χ1n) is 5.27. The average Bonchev–Trinajstić information content (AvgIpc) is 2.38. The van der Waals surface area contributed by atoms with Crippen molar-refractivity contribution in [3.63, 3.8) is 0 Å². The van der Waals surface area contributed by atoms with Gasteiger partial charge in [0, 0.05) is 16.7 Å². The van der Waals surface area contributed by atoms with Crippen molar-refractivity contribution in [2.45, 2.75) is 6.54 Å². The molecule has 0 amide bonds. The monoisotopic (exact) mass is 286 g/mol. The van der Waals surface area contributed by atoms with Crippen LogP contribution in [0.3, 0.4) is 0 Å². The van der Waals surface area contributed by atoms with Gasteiger partial charge in [0.25, 0.3) is 0 Å². The first kappa shape index (κ1) is 11.7. The Hall–Kier alpha value is -1.79. The molecule has 2 aromatic carbocycles. The summed E-state index contributed by atoms with van der Waals surface area (Å²) in [5.74, 6) is 0. The van der Waals surface area contributed by atoms with E-state index in [9.17, 15) is 0 Å². The van der Waals surface area contributed by atoms with Gasteiger partial charge >= 0.3 is 0 Å². The number of rotatable bonds is 3. The van der Waals surface area contributed by atoms with Gasteiger partial charge in [-0.05, 0) is 29.8 Å². The van der Waals surface area contributed by atoms with E-state index in [1.54, 1.807) is 6.07 Å². The maximum absolute atomic E-state index is 8.81. The van der Waals surface area contributed by atoms with Crippen molar-refractivity contribution in [2.75, 3.05) is 5.32 Å². The van der Waals surface area contributed by atoms with Crippen LogP contribution in [-0.2, 0) is 6.54 Å². The van der Waals surface area contributed by atoms with Crippen molar-refractivity contribution in [1.82, 2.24) is 0 Å². The second kappa shape index (κ2) is 5.51. The highest BCUT2D eigenvalue weighted by molar-refractivity contribution is 9.10. The van der Waals surface area contributed by atoms with Crippen molar-refractivity contribution in [3.8, 4) is 6.07 Å². The van der Waals surface area contributed by atoms with Gasteiger partial charge in [-0.15, -0.1) is 0 Å². The molecule has 0 aliphatic rings. The zero-order chi connectivity index (χ0) is 12.1. The van der Waals surface area contributed by atoms with Crippen LogP contribution < -0.4 is 5.32 Å². The maximum atomic E-state index is 8.81. The maximum Gasteiger partial charge on any atom is 0.0992 e. The molecule has 84 valence electrons. The third kappa shape index (κ3) is 3.08. The predicted octanol–water partition coefficient (Wildman–Crippen LogP) is 3.93. The number of nitrogens with zero attached hydrogens (tertiary/aromatic N) is 1. The molecule has 0 heterocycles. The molecular formula is C14H11BrN2. The second-order valence-electron chi connectivity index (χ2n) is 3.64. The molecule has 0 radical (unpaired) electrons. The molecule has 0 fully saturated rings. The normalized spacial score (nSPS) is 9.65. The van der Waals surface area contributed by atoms with Gasteiger partial charge in [0.15, 0.2) is 0 Å². The lowest BCUT2D eigenvalue weighted by atomic mass is 10.2. The van der Waals surface area contributed by atoms with Crippen LogP contribution in [0.2, 0.25) is 0 Å². The van der Waals surface area contributed by atoms with Gasteiger partial charge in [-0.3, -0.25) is 0 Å². The van der Waals surface area contributed by atoms with E-state index in [1.165, 1.54) is 5.56 Å². The molecule has 0 unspecified atom stereocenters. The highest BCUT2D eigenvalue weighted by Gasteiger charge is 1.99. The lowest BCUT2D eigenvalue weighted by molar-refractivity contribution is 1.14. The highest BCUT2D eigenvalue weighted by atomic mass is 79.9. The van der Waals surface area contributed by atoms with Gasteiger partial charge in [-0.1, -0.05) is 40.2 Å². The lowest BCUT2D eigenvalue weighted by Gasteiger charge is -2.08. The van der Waals surface area contributed by atoms with Gasteiger partial charge in [-0.2, -0.15) is 5.26 Å².